The molecule has 3 aromatic carbocycles. The van der Waals surface area contributed by atoms with Crippen LogP contribution in [0.2, 0.25) is 10.0 Å². The van der Waals surface area contributed by atoms with E-state index in [1.807, 2.05) is 30.3 Å². The number of fused-ring (bicyclic) bond motifs is 1. The number of hydrogen-bond donors (Lipinski definition) is 2. The summed E-state index contributed by atoms with van der Waals surface area (Å²) in [4.78, 5) is 15.0. The second kappa shape index (κ2) is 10.5. The van der Waals surface area contributed by atoms with Gasteiger partial charge < -0.3 is 25.0 Å². The van der Waals surface area contributed by atoms with Crippen LogP contribution < -0.4 is 20.1 Å². The summed E-state index contributed by atoms with van der Waals surface area (Å²) in [5, 5.41) is 8.07. The molecule has 0 aliphatic carbocycles. The lowest BCUT2D eigenvalue weighted by Gasteiger charge is -2.29. The molecule has 0 atom stereocenters. The normalized spacial score (nSPS) is 14.8. The summed E-state index contributed by atoms with van der Waals surface area (Å²) in [5.74, 6) is 1.87. The van der Waals surface area contributed by atoms with Gasteiger partial charge in [0.25, 0.3) is 0 Å². The summed E-state index contributed by atoms with van der Waals surface area (Å²) in [6, 6.07) is 14.2. The number of ether oxygens (including phenoxy) is 2. The van der Waals surface area contributed by atoms with Gasteiger partial charge in [-0.2, -0.15) is 0 Å². The van der Waals surface area contributed by atoms with Crippen molar-refractivity contribution in [3.05, 3.63) is 58.6 Å². The van der Waals surface area contributed by atoms with Crippen molar-refractivity contribution in [1.82, 2.24) is 4.90 Å². The Hall–Kier alpha value is -2.67. The van der Waals surface area contributed by atoms with Gasteiger partial charge in [-0.05, 0) is 74.6 Å². The molecule has 0 unspecified atom stereocenters. The number of nitrogens with zero attached hydrogens (tertiary/aromatic N) is 1. The van der Waals surface area contributed by atoms with E-state index < -0.39 is 6.03 Å². The Balaban J connectivity index is 1.51. The zero-order valence-corrected chi connectivity index (χ0v) is 20.2. The molecule has 1 heterocycles. The third kappa shape index (κ3) is 5.64. The maximum Gasteiger partial charge on any atom is 0.323 e. The maximum atomic E-state index is 12.6. The second-order valence-electron chi connectivity index (χ2n) is 8.27. The standard InChI is InChI=1S/C25H27Cl2N3O3/c1-30-11-9-16(10-12-30)15-33-23-13-17-5-3-7-20(18(17)14-22(23)32-2)28-25(31)29-21-8-4-6-19(26)24(21)27/h3-8,13-14,16H,9-12,15H2,1-2H3,(H2,28,29,31). The van der Waals surface area contributed by atoms with Gasteiger partial charge in [0.15, 0.2) is 11.5 Å². The number of urea groups is 1. The molecule has 0 saturated carbocycles. The van der Waals surface area contributed by atoms with Crippen molar-refractivity contribution in [2.75, 3.05) is 44.5 Å². The van der Waals surface area contributed by atoms with Gasteiger partial charge in [0.1, 0.15) is 0 Å². The van der Waals surface area contributed by atoms with Gasteiger partial charge in [0, 0.05) is 5.39 Å². The number of rotatable bonds is 6. The van der Waals surface area contributed by atoms with Crippen molar-refractivity contribution in [3.63, 3.8) is 0 Å². The molecule has 2 amide bonds. The van der Waals surface area contributed by atoms with Gasteiger partial charge >= 0.3 is 6.03 Å². The third-order valence-electron chi connectivity index (χ3n) is 5.93. The molecule has 0 spiro atoms. The van der Waals surface area contributed by atoms with E-state index in [0.29, 0.717) is 45.4 Å². The molecule has 174 valence electrons. The number of halogens is 2. The SMILES string of the molecule is COc1cc2c(NC(=O)Nc3cccc(Cl)c3Cl)cccc2cc1OCC1CCN(C)CC1. The Morgan fingerprint density at radius 2 is 1.73 bits per heavy atom. The molecule has 3 aromatic rings. The van der Waals surface area contributed by atoms with E-state index >= 15 is 0 Å². The van der Waals surface area contributed by atoms with Crippen molar-refractivity contribution in [2.45, 2.75) is 12.8 Å². The molecule has 4 rings (SSSR count). The Morgan fingerprint density at radius 1 is 1.03 bits per heavy atom. The highest BCUT2D eigenvalue weighted by atomic mass is 35.5. The number of piperidine rings is 1. The van der Waals surface area contributed by atoms with Crippen LogP contribution in [-0.4, -0.2) is 44.8 Å². The number of methoxy groups -OCH3 is 1. The van der Waals surface area contributed by atoms with E-state index in [1.165, 1.54) is 0 Å². The summed E-state index contributed by atoms with van der Waals surface area (Å²) in [6.45, 7) is 2.86. The van der Waals surface area contributed by atoms with Crippen molar-refractivity contribution < 1.29 is 14.3 Å². The van der Waals surface area contributed by atoms with Crippen LogP contribution >= 0.6 is 23.2 Å². The number of hydrogen-bond acceptors (Lipinski definition) is 4. The fourth-order valence-corrected chi connectivity index (χ4v) is 4.33. The molecular formula is C25H27Cl2N3O3. The van der Waals surface area contributed by atoms with E-state index in [-0.39, 0.29) is 0 Å². The topological polar surface area (TPSA) is 62.8 Å². The highest BCUT2D eigenvalue weighted by molar-refractivity contribution is 6.44. The molecule has 8 heteroatoms. The van der Waals surface area contributed by atoms with Gasteiger partial charge in [0.05, 0.1) is 35.1 Å². The average Bonchev–Trinajstić information content (AvgIpc) is 2.81. The molecule has 2 N–H and O–H groups in total. The molecule has 1 fully saturated rings. The van der Waals surface area contributed by atoms with Crippen LogP contribution in [0.15, 0.2) is 48.5 Å². The van der Waals surface area contributed by atoms with Gasteiger partial charge in [-0.1, -0.05) is 41.4 Å². The van der Waals surface area contributed by atoms with E-state index in [9.17, 15) is 4.79 Å². The predicted octanol–water partition coefficient (Wildman–Crippen LogP) is 6.52. The number of benzene rings is 3. The summed E-state index contributed by atoms with van der Waals surface area (Å²) >= 11 is 12.2. The van der Waals surface area contributed by atoms with Crippen molar-refractivity contribution in [1.29, 1.82) is 0 Å². The fourth-order valence-electron chi connectivity index (χ4n) is 3.98. The highest BCUT2D eigenvalue weighted by Gasteiger charge is 2.19. The van der Waals surface area contributed by atoms with Gasteiger partial charge in [-0.25, -0.2) is 4.79 Å². The summed E-state index contributed by atoms with van der Waals surface area (Å²) < 4.78 is 11.8. The van der Waals surface area contributed by atoms with Gasteiger partial charge in [0.2, 0.25) is 0 Å². The lowest BCUT2D eigenvalue weighted by molar-refractivity contribution is 0.157. The fraction of sp³-hybridized carbons (Fsp3) is 0.320. The molecular weight excluding hydrogens is 461 g/mol. The van der Waals surface area contributed by atoms with Crippen LogP contribution in [0.3, 0.4) is 0 Å². The van der Waals surface area contributed by atoms with Crippen LogP contribution in [0.5, 0.6) is 11.5 Å². The molecule has 0 radical (unpaired) electrons. The van der Waals surface area contributed by atoms with Gasteiger partial charge in [-0.15, -0.1) is 0 Å². The van der Waals surface area contributed by atoms with Crippen LogP contribution in [0, 0.1) is 5.92 Å². The Kier molecular flexibility index (Phi) is 7.48. The van der Waals surface area contributed by atoms with Gasteiger partial charge in [-0.3, -0.25) is 0 Å². The minimum Gasteiger partial charge on any atom is -0.493 e. The van der Waals surface area contributed by atoms with Crippen LogP contribution in [0.25, 0.3) is 10.8 Å². The molecule has 0 bridgehead atoms. The lowest BCUT2D eigenvalue weighted by atomic mass is 9.98. The first-order chi connectivity index (χ1) is 15.9. The molecule has 1 saturated heterocycles. The summed E-state index contributed by atoms with van der Waals surface area (Å²) in [6.07, 6.45) is 2.26. The number of anilines is 2. The zero-order chi connectivity index (χ0) is 23.4. The Labute approximate surface area is 203 Å². The van der Waals surface area contributed by atoms with Crippen molar-refractivity contribution in [3.8, 4) is 11.5 Å². The quantitative estimate of drug-likeness (QED) is 0.415. The number of nitrogens with one attached hydrogen (secondary N) is 2. The minimum absolute atomic E-state index is 0.292. The second-order valence-corrected chi connectivity index (χ2v) is 9.05. The summed E-state index contributed by atoms with van der Waals surface area (Å²) in [7, 11) is 3.77. The smallest absolute Gasteiger partial charge is 0.323 e. The maximum absolute atomic E-state index is 12.6. The minimum atomic E-state index is -0.423. The number of carbonyl (C=O) groups is 1. The Bertz CT molecular complexity index is 1150. The molecule has 1 aliphatic heterocycles. The van der Waals surface area contributed by atoms with Crippen LogP contribution in [0.1, 0.15) is 12.8 Å². The first kappa shape index (κ1) is 23.5. The molecule has 1 aliphatic rings. The predicted molar refractivity (Wildman–Crippen MR) is 135 cm³/mol. The van der Waals surface area contributed by atoms with Crippen molar-refractivity contribution in [2.24, 2.45) is 5.92 Å². The van der Waals surface area contributed by atoms with E-state index in [2.05, 4.69) is 22.6 Å². The summed E-state index contributed by atoms with van der Waals surface area (Å²) in [5.41, 5.74) is 1.08. The van der Waals surface area contributed by atoms with Crippen LogP contribution in [-0.2, 0) is 0 Å². The molecule has 0 aromatic heterocycles. The number of likely N-dealkylation sites (tertiary alicyclic amines) is 1. The zero-order valence-electron chi connectivity index (χ0n) is 18.7. The largest absolute Gasteiger partial charge is 0.493 e. The number of amides is 2. The van der Waals surface area contributed by atoms with Crippen LogP contribution in [0.4, 0.5) is 16.2 Å². The Morgan fingerprint density at radius 3 is 2.48 bits per heavy atom. The van der Waals surface area contributed by atoms with E-state index in [0.717, 1.165) is 36.7 Å². The first-order valence-corrected chi connectivity index (χ1v) is 11.6. The molecule has 6 nitrogen and oxygen atoms in total. The first-order valence-electron chi connectivity index (χ1n) is 10.9. The van der Waals surface area contributed by atoms with Crippen molar-refractivity contribution >= 4 is 51.4 Å². The lowest BCUT2D eigenvalue weighted by Crippen LogP contribution is -2.32. The third-order valence-corrected chi connectivity index (χ3v) is 6.74. The monoisotopic (exact) mass is 487 g/mol. The molecule has 33 heavy (non-hydrogen) atoms. The number of carbonyl (C=O) groups excluding carboxylic acids is 1. The average molecular weight is 488 g/mol. The highest BCUT2D eigenvalue weighted by Crippen LogP contribution is 2.36. The van der Waals surface area contributed by atoms with E-state index in [1.54, 1.807) is 25.3 Å². The van der Waals surface area contributed by atoms with E-state index in [4.69, 9.17) is 32.7 Å².